The Morgan fingerprint density at radius 3 is 1.08 bits per heavy atom. The molecule has 1 aliphatic heterocycles. The van der Waals surface area contributed by atoms with Crippen molar-refractivity contribution in [3.8, 4) is 0 Å². The van der Waals surface area contributed by atoms with Gasteiger partial charge in [0.15, 0.2) is 6.29 Å². The van der Waals surface area contributed by atoms with Gasteiger partial charge < -0.3 is 50.5 Å². The van der Waals surface area contributed by atoms with E-state index in [2.05, 4.69) is 67.8 Å². The van der Waals surface area contributed by atoms with Crippen LogP contribution in [0.4, 0.5) is 0 Å². The molecule has 11 heteroatoms. The molecule has 0 aromatic heterocycles. The quantitative estimate of drug-likeness (QED) is 0.0215. The summed E-state index contributed by atoms with van der Waals surface area (Å²) in [5.41, 5.74) is 0. The molecule has 9 unspecified atom stereocenters. The van der Waals surface area contributed by atoms with Gasteiger partial charge in [0.25, 0.3) is 0 Å². The molecule has 0 radical (unpaired) electrons. The highest BCUT2D eigenvalue weighted by Crippen LogP contribution is 2.24. The van der Waals surface area contributed by atoms with Crippen LogP contribution in [0.3, 0.4) is 0 Å². The SMILES string of the molecule is CCCCCCCCCCCCC/C=C\C/C=C\CCCCCCCCCCCCCCCCCCC(O)C(=O)NC(COC1OC(CO)C(O)C(O)C1O)C(O)C(O)CCC/C=C/CC/C=C/CCCCCCCCCCCCCCCCCCCC. The second-order valence-corrected chi connectivity index (χ2v) is 26.7. The lowest BCUT2D eigenvalue weighted by molar-refractivity contribution is -0.303. The lowest BCUT2D eigenvalue weighted by Gasteiger charge is -2.40. The van der Waals surface area contributed by atoms with Crippen molar-refractivity contribution in [2.24, 2.45) is 0 Å². The molecule has 0 bridgehead atoms. The fourth-order valence-corrected chi connectivity index (χ4v) is 12.3. The summed E-state index contributed by atoms with van der Waals surface area (Å²) in [7, 11) is 0. The van der Waals surface area contributed by atoms with Crippen molar-refractivity contribution in [3.63, 3.8) is 0 Å². The standard InChI is InChI=1S/C77H145NO10/c1-3-5-7-9-11-13-15-17-19-21-23-25-27-29-31-32-33-34-35-36-37-39-41-43-45-47-49-51-53-55-57-59-61-63-65-70(81)76(86)78-68(67-87-77-75(85)74(84)73(83)71(66-79)88-77)72(82)69(80)64-62-60-58-56-54-52-50-48-46-44-42-40-38-30-28-26-24-22-20-18-16-14-12-10-8-6-4-2/h27,29,32-33,48,50,56,58,68-75,77,79-85H,3-26,28,30-31,34-47,49,51-55,57,59-67H2,1-2H3,(H,78,86)/b29-27-,33-32-,50-48+,58-56+. The van der Waals surface area contributed by atoms with Gasteiger partial charge in [-0.25, -0.2) is 0 Å². The molecule has 1 aliphatic rings. The fraction of sp³-hybridized carbons (Fsp3) is 0.883. The average molecular weight is 1250 g/mol. The number of hydrogen-bond acceptors (Lipinski definition) is 10. The fourth-order valence-electron chi connectivity index (χ4n) is 12.3. The first-order valence-corrected chi connectivity index (χ1v) is 38.0. The molecule has 0 aromatic rings. The molecule has 518 valence electrons. The molecular weight excluding hydrogens is 1100 g/mol. The number of carbonyl (C=O) groups excluding carboxylic acids is 1. The van der Waals surface area contributed by atoms with Crippen LogP contribution in [-0.4, -0.2) is 110 Å². The zero-order valence-electron chi connectivity index (χ0n) is 57.5. The molecule has 11 nitrogen and oxygen atoms in total. The molecule has 1 fully saturated rings. The van der Waals surface area contributed by atoms with E-state index < -0.39 is 74.2 Å². The van der Waals surface area contributed by atoms with Crippen molar-refractivity contribution >= 4 is 5.91 Å². The lowest BCUT2D eigenvalue weighted by atomic mass is 9.98. The molecule has 0 spiro atoms. The number of rotatable bonds is 67. The number of allylic oxidation sites excluding steroid dienone is 8. The zero-order chi connectivity index (χ0) is 63.9. The molecule has 9 atom stereocenters. The van der Waals surface area contributed by atoms with Crippen LogP contribution in [-0.2, 0) is 14.3 Å². The predicted molar refractivity (Wildman–Crippen MR) is 372 cm³/mol. The van der Waals surface area contributed by atoms with Crippen LogP contribution in [0.25, 0.3) is 0 Å². The zero-order valence-corrected chi connectivity index (χ0v) is 57.5. The average Bonchev–Trinajstić information content (AvgIpc) is 3.61. The van der Waals surface area contributed by atoms with Gasteiger partial charge in [0.05, 0.1) is 25.4 Å². The van der Waals surface area contributed by atoms with E-state index >= 15 is 0 Å². The normalized spacial score (nSPS) is 18.9. The van der Waals surface area contributed by atoms with Gasteiger partial charge in [0.2, 0.25) is 5.91 Å². The van der Waals surface area contributed by atoms with Crippen LogP contribution in [0.1, 0.15) is 367 Å². The predicted octanol–water partition coefficient (Wildman–Crippen LogP) is 19.1. The summed E-state index contributed by atoms with van der Waals surface area (Å²) >= 11 is 0. The first kappa shape index (κ1) is 84.1. The Morgan fingerprint density at radius 1 is 0.398 bits per heavy atom. The van der Waals surface area contributed by atoms with Gasteiger partial charge in [-0.2, -0.15) is 0 Å². The number of amides is 1. The Kier molecular flexibility index (Phi) is 62.2. The van der Waals surface area contributed by atoms with Crippen molar-refractivity contribution in [1.29, 1.82) is 0 Å². The van der Waals surface area contributed by atoms with Gasteiger partial charge in [-0.05, 0) is 83.5 Å². The third kappa shape index (κ3) is 51.6. The van der Waals surface area contributed by atoms with Crippen molar-refractivity contribution < 1.29 is 50.0 Å². The number of aliphatic hydroxyl groups is 7. The van der Waals surface area contributed by atoms with Gasteiger partial charge in [-0.15, -0.1) is 0 Å². The van der Waals surface area contributed by atoms with Gasteiger partial charge >= 0.3 is 0 Å². The van der Waals surface area contributed by atoms with E-state index in [9.17, 15) is 40.5 Å². The van der Waals surface area contributed by atoms with E-state index in [-0.39, 0.29) is 12.8 Å². The molecule has 0 aromatic carbocycles. The van der Waals surface area contributed by atoms with Crippen LogP contribution in [0.15, 0.2) is 48.6 Å². The summed E-state index contributed by atoms with van der Waals surface area (Å²) in [5, 5.41) is 76.6. The van der Waals surface area contributed by atoms with E-state index in [1.807, 2.05) is 0 Å². The number of aliphatic hydroxyl groups excluding tert-OH is 7. The highest BCUT2D eigenvalue weighted by Gasteiger charge is 2.44. The topological polar surface area (TPSA) is 189 Å². The summed E-state index contributed by atoms with van der Waals surface area (Å²) in [6, 6.07) is -1.19. The Labute approximate surface area is 542 Å². The monoisotopic (exact) mass is 1240 g/mol. The smallest absolute Gasteiger partial charge is 0.249 e. The molecular formula is C77H145NO10. The summed E-state index contributed by atoms with van der Waals surface area (Å²) in [6.07, 6.45) is 75.0. The number of nitrogens with one attached hydrogen (secondary N) is 1. The number of unbranched alkanes of at least 4 members (excludes halogenated alkanes) is 47. The Bertz CT molecular complexity index is 1570. The molecule has 1 saturated heterocycles. The molecule has 1 heterocycles. The highest BCUT2D eigenvalue weighted by molar-refractivity contribution is 5.80. The minimum absolute atomic E-state index is 0.247. The summed E-state index contributed by atoms with van der Waals surface area (Å²) < 4.78 is 11.2. The van der Waals surface area contributed by atoms with Crippen molar-refractivity contribution in [2.45, 2.75) is 422 Å². The lowest BCUT2D eigenvalue weighted by Crippen LogP contribution is -2.60. The van der Waals surface area contributed by atoms with Crippen LogP contribution in [0.2, 0.25) is 0 Å². The summed E-state index contributed by atoms with van der Waals surface area (Å²) in [4.78, 5) is 13.3. The Hall–Kier alpha value is -1.93. The highest BCUT2D eigenvalue weighted by atomic mass is 16.7. The third-order valence-electron chi connectivity index (χ3n) is 18.3. The van der Waals surface area contributed by atoms with Crippen molar-refractivity contribution in [1.82, 2.24) is 5.32 Å². The van der Waals surface area contributed by atoms with Crippen LogP contribution < -0.4 is 5.32 Å². The van der Waals surface area contributed by atoms with Crippen LogP contribution in [0, 0.1) is 0 Å². The Morgan fingerprint density at radius 2 is 0.716 bits per heavy atom. The Balaban J connectivity index is 2.18. The van der Waals surface area contributed by atoms with Crippen LogP contribution in [0.5, 0.6) is 0 Å². The molecule has 0 aliphatic carbocycles. The van der Waals surface area contributed by atoms with E-state index in [0.29, 0.717) is 19.3 Å². The molecule has 0 saturated carbocycles. The molecule has 1 rings (SSSR count). The van der Waals surface area contributed by atoms with Gasteiger partial charge in [0, 0.05) is 0 Å². The maximum absolute atomic E-state index is 13.3. The number of hydrogen-bond donors (Lipinski definition) is 8. The summed E-state index contributed by atoms with van der Waals surface area (Å²) in [5.74, 6) is -0.706. The van der Waals surface area contributed by atoms with Crippen molar-refractivity contribution in [3.05, 3.63) is 48.6 Å². The third-order valence-corrected chi connectivity index (χ3v) is 18.3. The van der Waals surface area contributed by atoms with E-state index in [1.165, 1.54) is 276 Å². The van der Waals surface area contributed by atoms with Gasteiger partial charge in [-0.3, -0.25) is 4.79 Å². The van der Waals surface area contributed by atoms with Crippen LogP contribution >= 0.6 is 0 Å². The maximum Gasteiger partial charge on any atom is 0.249 e. The van der Waals surface area contributed by atoms with E-state index in [1.54, 1.807) is 0 Å². The van der Waals surface area contributed by atoms with Gasteiger partial charge in [-0.1, -0.05) is 332 Å². The largest absolute Gasteiger partial charge is 0.394 e. The maximum atomic E-state index is 13.3. The first-order valence-electron chi connectivity index (χ1n) is 38.0. The number of ether oxygens (including phenoxy) is 2. The first-order chi connectivity index (χ1) is 43.2. The van der Waals surface area contributed by atoms with E-state index in [0.717, 1.165) is 44.9 Å². The second-order valence-electron chi connectivity index (χ2n) is 26.7. The van der Waals surface area contributed by atoms with Crippen molar-refractivity contribution in [2.75, 3.05) is 13.2 Å². The number of carbonyl (C=O) groups is 1. The molecule has 1 amide bonds. The minimum atomic E-state index is -1.67. The minimum Gasteiger partial charge on any atom is -0.394 e. The van der Waals surface area contributed by atoms with E-state index in [4.69, 9.17) is 9.47 Å². The van der Waals surface area contributed by atoms with Gasteiger partial charge in [0.1, 0.15) is 36.6 Å². The molecule has 88 heavy (non-hydrogen) atoms. The second kappa shape index (κ2) is 65.1. The summed E-state index contributed by atoms with van der Waals surface area (Å²) in [6.45, 7) is 3.49. The molecule has 8 N–H and O–H groups in total.